The highest BCUT2D eigenvalue weighted by molar-refractivity contribution is 5.62. The maximum Gasteiger partial charge on any atom is 0.332 e. The molecule has 108 valence electrons. The molecule has 0 aliphatic heterocycles. The highest BCUT2D eigenvalue weighted by atomic mass is 16.3. The molecule has 19 heavy (non-hydrogen) atoms. The molecule has 7 nitrogen and oxygen atoms in total. The zero-order valence-electron chi connectivity index (χ0n) is 11.9. The quantitative estimate of drug-likeness (QED) is 0.742. The largest absolute Gasteiger partial charge is 0.392 e. The Hall–Kier alpha value is -1.76. The van der Waals surface area contributed by atoms with Gasteiger partial charge in [-0.3, -0.25) is 13.9 Å². The second kappa shape index (κ2) is 5.92. The number of aliphatic hydroxyl groups excluding tert-OH is 1. The summed E-state index contributed by atoms with van der Waals surface area (Å²) in [7, 11) is 3.09. The Bertz CT molecular complexity index is 559. The Labute approximate surface area is 111 Å². The number of hydrogen-bond acceptors (Lipinski definition) is 5. The standard InChI is InChI=1S/C12H22N4O3/c1-5-6-16-10(13)9(14(3)7-8(2)17)11(18)15(4)12(16)19/h8,17H,5-7,13H2,1-4H3. The van der Waals surface area contributed by atoms with Crippen molar-refractivity contribution in [2.45, 2.75) is 32.9 Å². The van der Waals surface area contributed by atoms with Crippen LogP contribution in [0.15, 0.2) is 9.59 Å². The molecule has 1 unspecified atom stereocenters. The van der Waals surface area contributed by atoms with Crippen LogP contribution in [0.4, 0.5) is 11.5 Å². The summed E-state index contributed by atoms with van der Waals surface area (Å²) in [6, 6.07) is 0. The van der Waals surface area contributed by atoms with E-state index in [0.717, 1.165) is 11.0 Å². The van der Waals surface area contributed by atoms with Crippen LogP contribution in [0.5, 0.6) is 0 Å². The Morgan fingerprint density at radius 3 is 2.47 bits per heavy atom. The smallest absolute Gasteiger partial charge is 0.332 e. The molecule has 0 aliphatic rings. The van der Waals surface area contributed by atoms with Gasteiger partial charge in [0.25, 0.3) is 5.56 Å². The molecule has 0 aliphatic carbocycles. The Kier molecular flexibility index (Phi) is 4.77. The molecule has 0 bridgehead atoms. The molecule has 0 saturated heterocycles. The van der Waals surface area contributed by atoms with E-state index < -0.39 is 17.4 Å². The molecule has 0 spiro atoms. The van der Waals surface area contributed by atoms with Crippen LogP contribution in [0.3, 0.4) is 0 Å². The summed E-state index contributed by atoms with van der Waals surface area (Å²) < 4.78 is 2.43. The number of hydrogen-bond donors (Lipinski definition) is 2. The lowest BCUT2D eigenvalue weighted by atomic mass is 10.3. The average molecular weight is 270 g/mol. The number of anilines is 2. The third-order valence-corrected chi connectivity index (χ3v) is 2.93. The molecule has 1 aromatic rings. The maximum absolute atomic E-state index is 12.1. The lowest BCUT2D eigenvalue weighted by Gasteiger charge is -2.24. The Morgan fingerprint density at radius 1 is 1.42 bits per heavy atom. The third kappa shape index (κ3) is 2.98. The van der Waals surface area contributed by atoms with Crippen molar-refractivity contribution in [3.8, 4) is 0 Å². The minimum absolute atomic E-state index is 0.151. The van der Waals surface area contributed by atoms with Crippen LogP contribution in [0.25, 0.3) is 0 Å². The molecule has 0 amide bonds. The molecule has 0 aromatic carbocycles. The van der Waals surface area contributed by atoms with E-state index in [1.165, 1.54) is 11.6 Å². The molecule has 1 atom stereocenters. The van der Waals surface area contributed by atoms with Crippen LogP contribution in [0, 0.1) is 0 Å². The first-order valence-electron chi connectivity index (χ1n) is 6.29. The maximum atomic E-state index is 12.1. The van der Waals surface area contributed by atoms with Crippen LogP contribution in [-0.2, 0) is 13.6 Å². The van der Waals surface area contributed by atoms with Crippen LogP contribution in [0.2, 0.25) is 0 Å². The van der Waals surface area contributed by atoms with E-state index in [4.69, 9.17) is 5.73 Å². The first-order valence-corrected chi connectivity index (χ1v) is 6.29. The van der Waals surface area contributed by atoms with Gasteiger partial charge in [0, 0.05) is 27.2 Å². The molecule has 3 N–H and O–H groups in total. The van der Waals surface area contributed by atoms with E-state index in [1.54, 1.807) is 18.9 Å². The number of likely N-dealkylation sites (N-methyl/N-ethyl adjacent to an activating group) is 1. The second-order valence-corrected chi connectivity index (χ2v) is 4.76. The van der Waals surface area contributed by atoms with Gasteiger partial charge < -0.3 is 15.7 Å². The number of aliphatic hydroxyl groups is 1. The summed E-state index contributed by atoms with van der Waals surface area (Å²) in [6.45, 7) is 4.27. The van der Waals surface area contributed by atoms with Gasteiger partial charge in [-0.1, -0.05) is 6.92 Å². The van der Waals surface area contributed by atoms with Gasteiger partial charge in [0.05, 0.1) is 6.10 Å². The van der Waals surface area contributed by atoms with Gasteiger partial charge in [-0.05, 0) is 13.3 Å². The fraction of sp³-hybridized carbons (Fsp3) is 0.667. The van der Waals surface area contributed by atoms with Crippen LogP contribution < -0.4 is 21.9 Å². The van der Waals surface area contributed by atoms with Gasteiger partial charge >= 0.3 is 5.69 Å². The number of nitrogens with two attached hydrogens (primary N) is 1. The molecule has 0 saturated carbocycles. The summed E-state index contributed by atoms with van der Waals surface area (Å²) >= 11 is 0. The van der Waals surface area contributed by atoms with Gasteiger partial charge in [-0.2, -0.15) is 0 Å². The summed E-state index contributed by atoms with van der Waals surface area (Å²) in [5, 5.41) is 9.40. The SMILES string of the molecule is CCCn1c(N)c(N(C)CC(C)O)c(=O)n(C)c1=O. The molecular formula is C12H22N4O3. The average Bonchev–Trinajstić information content (AvgIpc) is 2.31. The summed E-state index contributed by atoms with van der Waals surface area (Å²) in [5.74, 6) is 0.151. The molecule has 1 aromatic heterocycles. The van der Waals surface area contributed by atoms with E-state index >= 15 is 0 Å². The van der Waals surface area contributed by atoms with Crippen molar-refractivity contribution in [3.05, 3.63) is 20.8 Å². The Balaban J connectivity index is 3.47. The van der Waals surface area contributed by atoms with Gasteiger partial charge in [-0.15, -0.1) is 0 Å². The minimum atomic E-state index is -0.597. The molecule has 1 rings (SSSR count). The van der Waals surface area contributed by atoms with Crippen LogP contribution in [-0.4, -0.2) is 33.9 Å². The van der Waals surface area contributed by atoms with Gasteiger partial charge in [0.1, 0.15) is 11.5 Å². The van der Waals surface area contributed by atoms with Gasteiger partial charge in [-0.25, -0.2) is 4.79 Å². The number of nitrogen functional groups attached to an aromatic ring is 1. The monoisotopic (exact) mass is 270 g/mol. The van der Waals surface area contributed by atoms with Crippen LogP contribution in [0.1, 0.15) is 20.3 Å². The number of rotatable bonds is 5. The highest BCUT2D eigenvalue weighted by Crippen LogP contribution is 2.15. The summed E-state index contributed by atoms with van der Waals surface area (Å²) in [4.78, 5) is 25.7. The highest BCUT2D eigenvalue weighted by Gasteiger charge is 2.18. The van der Waals surface area contributed by atoms with Gasteiger partial charge in [0.15, 0.2) is 0 Å². The zero-order chi connectivity index (χ0) is 14.7. The van der Waals surface area contributed by atoms with Crippen molar-refractivity contribution in [2.24, 2.45) is 7.05 Å². The summed E-state index contributed by atoms with van der Waals surface area (Å²) in [6.07, 6.45) is 0.141. The normalized spacial score (nSPS) is 12.5. The van der Waals surface area contributed by atoms with E-state index in [1.807, 2.05) is 6.92 Å². The van der Waals surface area contributed by atoms with Crippen molar-refractivity contribution in [2.75, 3.05) is 24.2 Å². The molecule has 0 radical (unpaired) electrons. The topological polar surface area (TPSA) is 93.5 Å². The Morgan fingerprint density at radius 2 is 2.00 bits per heavy atom. The van der Waals surface area contributed by atoms with E-state index in [0.29, 0.717) is 6.54 Å². The molecule has 7 heteroatoms. The first-order chi connectivity index (χ1) is 8.81. The molecular weight excluding hydrogens is 248 g/mol. The van der Waals surface area contributed by atoms with Crippen molar-refractivity contribution >= 4 is 11.5 Å². The predicted octanol–water partition coefficient (Wildman–Crippen LogP) is -0.644. The van der Waals surface area contributed by atoms with E-state index in [-0.39, 0.29) is 18.1 Å². The number of nitrogens with zero attached hydrogens (tertiary/aromatic N) is 3. The lowest BCUT2D eigenvalue weighted by Crippen LogP contribution is -2.43. The van der Waals surface area contributed by atoms with Crippen molar-refractivity contribution < 1.29 is 5.11 Å². The molecule has 1 heterocycles. The second-order valence-electron chi connectivity index (χ2n) is 4.76. The fourth-order valence-corrected chi connectivity index (χ4v) is 2.05. The lowest BCUT2D eigenvalue weighted by molar-refractivity contribution is 0.201. The summed E-state index contributed by atoms with van der Waals surface area (Å²) in [5.41, 5.74) is 5.33. The predicted molar refractivity (Wildman–Crippen MR) is 75.6 cm³/mol. The fourth-order valence-electron chi connectivity index (χ4n) is 2.05. The van der Waals surface area contributed by atoms with Crippen molar-refractivity contribution in [3.63, 3.8) is 0 Å². The van der Waals surface area contributed by atoms with Gasteiger partial charge in [0.2, 0.25) is 0 Å². The van der Waals surface area contributed by atoms with Crippen molar-refractivity contribution in [1.29, 1.82) is 0 Å². The third-order valence-electron chi connectivity index (χ3n) is 2.93. The van der Waals surface area contributed by atoms with Crippen molar-refractivity contribution in [1.82, 2.24) is 9.13 Å². The van der Waals surface area contributed by atoms with Crippen LogP contribution >= 0.6 is 0 Å². The zero-order valence-corrected chi connectivity index (χ0v) is 11.9. The minimum Gasteiger partial charge on any atom is -0.392 e. The number of aromatic nitrogens is 2. The van der Waals surface area contributed by atoms with E-state index in [9.17, 15) is 14.7 Å². The van der Waals surface area contributed by atoms with E-state index in [2.05, 4.69) is 0 Å². The molecule has 0 fully saturated rings. The first kappa shape index (κ1) is 15.3.